The van der Waals surface area contributed by atoms with Crippen LogP contribution in [-0.2, 0) is 4.79 Å². The Balaban J connectivity index is 4.02. The Kier molecular flexibility index (Phi) is 18.1. The lowest BCUT2D eigenvalue weighted by Crippen LogP contribution is -2.26. The normalized spacial score (nSPS) is 15.4. The van der Waals surface area contributed by atoms with Crippen molar-refractivity contribution in [2.24, 2.45) is 5.92 Å². The van der Waals surface area contributed by atoms with Crippen molar-refractivity contribution in [2.45, 2.75) is 71.5 Å². The van der Waals surface area contributed by atoms with E-state index in [0.29, 0.717) is 44.6 Å². The van der Waals surface area contributed by atoms with Crippen molar-refractivity contribution >= 4 is 5.91 Å². The summed E-state index contributed by atoms with van der Waals surface area (Å²) in [5.74, 6) is 0.275. The molecule has 0 fully saturated rings. The number of aliphatic hydroxyl groups is 3. The molecule has 4 N–H and O–H groups in total. The van der Waals surface area contributed by atoms with Crippen LogP contribution < -0.4 is 5.32 Å². The maximum absolute atomic E-state index is 11.6. The molecule has 5 nitrogen and oxygen atoms in total. The van der Waals surface area contributed by atoms with Crippen molar-refractivity contribution in [3.8, 4) is 0 Å². The summed E-state index contributed by atoms with van der Waals surface area (Å²) in [4.78, 5) is 11.6. The van der Waals surface area contributed by atoms with E-state index in [1.807, 2.05) is 68.5 Å². The Morgan fingerprint density at radius 2 is 1.61 bits per heavy atom. The van der Waals surface area contributed by atoms with Gasteiger partial charge in [-0.1, -0.05) is 81.5 Å². The Morgan fingerprint density at radius 3 is 2.29 bits per heavy atom. The molecule has 0 aromatic heterocycles. The van der Waals surface area contributed by atoms with E-state index in [9.17, 15) is 20.1 Å². The van der Waals surface area contributed by atoms with E-state index in [2.05, 4.69) is 12.2 Å². The minimum Gasteiger partial charge on any atom is -0.510 e. The Labute approximate surface area is 188 Å². The van der Waals surface area contributed by atoms with E-state index in [4.69, 9.17) is 0 Å². The average molecular weight is 432 g/mol. The molecule has 0 aromatic rings. The molecule has 0 aromatic carbocycles. The van der Waals surface area contributed by atoms with Gasteiger partial charge in [0.25, 0.3) is 0 Å². The van der Waals surface area contributed by atoms with Crippen LogP contribution in [0.15, 0.2) is 72.6 Å². The van der Waals surface area contributed by atoms with Crippen LogP contribution in [0.25, 0.3) is 0 Å². The van der Waals surface area contributed by atoms with Crippen molar-refractivity contribution in [2.75, 3.05) is 6.54 Å². The maximum Gasteiger partial charge on any atom is 0.220 e. The van der Waals surface area contributed by atoms with Crippen LogP contribution in [0, 0.1) is 5.92 Å². The lowest BCUT2D eigenvalue weighted by Gasteiger charge is -2.09. The number of aliphatic hydroxyl groups excluding tert-OH is 3. The summed E-state index contributed by atoms with van der Waals surface area (Å²) in [5, 5.41) is 32.4. The number of rotatable bonds is 16. The van der Waals surface area contributed by atoms with Gasteiger partial charge in [-0.3, -0.25) is 4.79 Å². The number of carbonyl (C=O) groups is 1. The molecule has 174 valence electrons. The number of carbonyl (C=O) groups excluding carboxylic acids is 1. The third-order valence-electron chi connectivity index (χ3n) is 4.19. The van der Waals surface area contributed by atoms with Gasteiger partial charge in [0.15, 0.2) is 0 Å². The molecule has 0 aliphatic rings. The highest BCUT2D eigenvalue weighted by Crippen LogP contribution is 2.08. The van der Waals surface area contributed by atoms with Crippen molar-refractivity contribution in [3.05, 3.63) is 72.6 Å². The third kappa shape index (κ3) is 19.3. The van der Waals surface area contributed by atoms with Gasteiger partial charge >= 0.3 is 0 Å². The minimum absolute atomic E-state index is 0.0493. The van der Waals surface area contributed by atoms with E-state index < -0.39 is 12.2 Å². The summed E-state index contributed by atoms with van der Waals surface area (Å²) >= 11 is 0. The Morgan fingerprint density at radius 1 is 0.935 bits per heavy atom. The standard InChI is InChI=1S/C26H41NO4/c1-4-5-12-16-23(28)17-13-10-8-6-7-9-11-14-18-24(29)25(30)19-15-20-26(31)27-21-22(2)3/h5-13,17,19,22-24,28-30H,4,14-16,18,20-21H2,1-3H3,(H,27,31)/b7-6+,10-8-,11-9+,12-5-,17-13+,25-19+/t23-,24+/m0/s1. The Bertz CT molecular complexity index is 642. The highest BCUT2D eigenvalue weighted by molar-refractivity contribution is 5.75. The summed E-state index contributed by atoms with van der Waals surface area (Å²) in [6, 6.07) is 0. The number of hydrogen-bond donors (Lipinski definition) is 4. The largest absolute Gasteiger partial charge is 0.510 e. The highest BCUT2D eigenvalue weighted by Gasteiger charge is 2.08. The predicted octanol–water partition coefficient (Wildman–Crippen LogP) is 5.06. The highest BCUT2D eigenvalue weighted by atomic mass is 16.3. The molecule has 0 aliphatic carbocycles. The summed E-state index contributed by atoms with van der Waals surface area (Å²) in [6.07, 6.45) is 22.3. The fraction of sp³-hybridized carbons (Fsp3) is 0.500. The van der Waals surface area contributed by atoms with Crippen LogP contribution in [0.3, 0.4) is 0 Å². The van der Waals surface area contributed by atoms with Gasteiger partial charge in [-0.2, -0.15) is 0 Å². The molecule has 0 rings (SSSR count). The van der Waals surface area contributed by atoms with E-state index >= 15 is 0 Å². The quantitative estimate of drug-likeness (QED) is 0.156. The molecule has 0 aliphatic heterocycles. The molecule has 0 spiro atoms. The number of nitrogens with one attached hydrogen (secondary N) is 1. The first-order chi connectivity index (χ1) is 14.9. The van der Waals surface area contributed by atoms with E-state index in [0.717, 1.165) is 6.42 Å². The molecule has 0 radical (unpaired) electrons. The van der Waals surface area contributed by atoms with Crippen molar-refractivity contribution in [3.63, 3.8) is 0 Å². The van der Waals surface area contributed by atoms with Gasteiger partial charge in [-0.05, 0) is 44.1 Å². The summed E-state index contributed by atoms with van der Waals surface area (Å²) in [6.45, 7) is 6.76. The van der Waals surface area contributed by atoms with Crippen LogP contribution in [0.1, 0.15) is 59.3 Å². The first kappa shape index (κ1) is 28.6. The monoisotopic (exact) mass is 431 g/mol. The first-order valence-electron chi connectivity index (χ1n) is 11.2. The van der Waals surface area contributed by atoms with Gasteiger partial charge in [-0.25, -0.2) is 0 Å². The smallest absolute Gasteiger partial charge is 0.220 e. The fourth-order valence-corrected chi connectivity index (χ4v) is 2.40. The van der Waals surface area contributed by atoms with E-state index in [1.54, 1.807) is 6.08 Å². The molecule has 5 heteroatoms. The van der Waals surface area contributed by atoms with Gasteiger partial charge in [0.05, 0.1) is 6.10 Å². The average Bonchev–Trinajstić information content (AvgIpc) is 2.73. The molecule has 2 atom stereocenters. The molecular formula is C26H41NO4. The second-order valence-electron chi connectivity index (χ2n) is 7.72. The zero-order chi connectivity index (χ0) is 23.3. The SMILES string of the molecule is CC/C=C\C[C@H](O)/C=C/C=C\C=C\C=C\CC[C@@H](O)/C(O)=C\CCC(=O)NCC(C)C. The lowest BCUT2D eigenvalue weighted by molar-refractivity contribution is -0.121. The first-order valence-corrected chi connectivity index (χ1v) is 11.2. The second-order valence-corrected chi connectivity index (χ2v) is 7.72. The van der Waals surface area contributed by atoms with Gasteiger partial charge in [0.2, 0.25) is 5.91 Å². The molecule has 0 bridgehead atoms. The molecular weight excluding hydrogens is 390 g/mol. The molecule has 1 amide bonds. The summed E-state index contributed by atoms with van der Waals surface area (Å²) in [5.41, 5.74) is 0. The maximum atomic E-state index is 11.6. The van der Waals surface area contributed by atoms with Crippen molar-refractivity contribution in [1.82, 2.24) is 5.32 Å². The topological polar surface area (TPSA) is 89.8 Å². The Hall–Kier alpha value is -2.37. The number of hydrogen-bond acceptors (Lipinski definition) is 4. The van der Waals surface area contributed by atoms with Crippen LogP contribution >= 0.6 is 0 Å². The van der Waals surface area contributed by atoms with Gasteiger partial charge in [0.1, 0.15) is 11.9 Å². The molecule has 0 heterocycles. The number of allylic oxidation sites excluding steroid dienone is 9. The molecule has 0 unspecified atom stereocenters. The summed E-state index contributed by atoms with van der Waals surface area (Å²) in [7, 11) is 0. The van der Waals surface area contributed by atoms with Crippen molar-refractivity contribution in [1.29, 1.82) is 0 Å². The summed E-state index contributed by atoms with van der Waals surface area (Å²) < 4.78 is 0. The van der Waals surface area contributed by atoms with E-state index in [-0.39, 0.29) is 11.7 Å². The van der Waals surface area contributed by atoms with Gasteiger partial charge < -0.3 is 20.6 Å². The van der Waals surface area contributed by atoms with E-state index in [1.165, 1.54) is 6.08 Å². The van der Waals surface area contributed by atoms with Crippen LogP contribution in [-0.4, -0.2) is 40.0 Å². The predicted molar refractivity (Wildman–Crippen MR) is 130 cm³/mol. The van der Waals surface area contributed by atoms with Crippen molar-refractivity contribution < 1.29 is 20.1 Å². The van der Waals surface area contributed by atoms with Crippen LogP contribution in [0.5, 0.6) is 0 Å². The fourth-order valence-electron chi connectivity index (χ4n) is 2.40. The number of amides is 1. The zero-order valence-corrected chi connectivity index (χ0v) is 19.3. The molecule has 0 saturated heterocycles. The molecule has 31 heavy (non-hydrogen) atoms. The second kappa shape index (κ2) is 19.6. The molecule has 0 saturated carbocycles. The van der Waals surface area contributed by atoms with Gasteiger partial charge in [0, 0.05) is 13.0 Å². The minimum atomic E-state index is -0.920. The van der Waals surface area contributed by atoms with Gasteiger partial charge in [-0.15, -0.1) is 0 Å². The third-order valence-corrected chi connectivity index (χ3v) is 4.19. The van der Waals surface area contributed by atoms with Crippen LogP contribution in [0.4, 0.5) is 0 Å². The van der Waals surface area contributed by atoms with Crippen LogP contribution in [0.2, 0.25) is 0 Å². The lowest BCUT2D eigenvalue weighted by atomic mass is 10.1. The zero-order valence-electron chi connectivity index (χ0n) is 19.3.